The normalized spacial score (nSPS) is 11.1. The molecule has 3 N–H and O–H groups in total. The van der Waals surface area contributed by atoms with Crippen molar-refractivity contribution >= 4 is 0 Å². The molecule has 13 heavy (non-hydrogen) atoms. The Labute approximate surface area is 77.8 Å². The molecule has 0 saturated carbocycles. The SMILES string of the molecule is Cn1cccc1CNC(CO)CO. The van der Waals surface area contributed by atoms with E-state index in [0.29, 0.717) is 6.54 Å². The number of aliphatic hydroxyl groups is 2. The van der Waals surface area contributed by atoms with Gasteiger partial charge in [-0.15, -0.1) is 0 Å². The summed E-state index contributed by atoms with van der Waals surface area (Å²) in [4.78, 5) is 0. The third-order valence-corrected chi connectivity index (χ3v) is 2.06. The van der Waals surface area contributed by atoms with E-state index in [4.69, 9.17) is 10.2 Å². The molecule has 4 nitrogen and oxygen atoms in total. The van der Waals surface area contributed by atoms with Crippen LogP contribution in [0.1, 0.15) is 5.69 Å². The number of aromatic nitrogens is 1. The van der Waals surface area contributed by atoms with E-state index in [1.54, 1.807) is 0 Å². The monoisotopic (exact) mass is 184 g/mol. The van der Waals surface area contributed by atoms with Gasteiger partial charge in [-0.05, 0) is 12.1 Å². The summed E-state index contributed by atoms with van der Waals surface area (Å²) >= 11 is 0. The van der Waals surface area contributed by atoms with E-state index in [1.807, 2.05) is 29.9 Å². The number of nitrogens with zero attached hydrogens (tertiary/aromatic N) is 1. The van der Waals surface area contributed by atoms with Gasteiger partial charge in [-0.3, -0.25) is 0 Å². The zero-order valence-electron chi connectivity index (χ0n) is 7.77. The number of aliphatic hydroxyl groups excluding tert-OH is 2. The second kappa shape index (κ2) is 5.01. The molecule has 0 radical (unpaired) electrons. The standard InChI is InChI=1S/C9H16N2O2/c1-11-4-2-3-9(11)5-10-8(6-12)7-13/h2-4,8,10,12-13H,5-7H2,1H3. The molecule has 0 aliphatic rings. The minimum Gasteiger partial charge on any atom is -0.395 e. The summed E-state index contributed by atoms with van der Waals surface area (Å²) < 4.78 is 2.00. The van der Waals surface area contributed by atoms with Crippen molar-refractivity contribution in [3.63, 3.8) is 0 Å². The summed E-state index contributed by atoms with van der Waals surface area (Å²) in [6.45, 7) is 0.580. The fourth-order valence-electron chi connectivity index (χ4n) is 1.12. The Bertz CT molecular complexity index is 244. The van der Waals surface area contributed by atoms with Crippen LogP contribution in [0.4, 0.5) is 0 Å². The molecule has 4 heteroatoms. The average Bonchev–Trinajstić information content (AvgIpc) is 2.54. The van der Waals surface area contributed by atoms with Gasteiger partial charge in [0.1, 0.15) is 0 Å². The molecule has 1 rings (SSSR count). The first-order valence-corrected chi connectivity index (χ1v) is 4.33. The lowest BCUT2D eigenvalue weighted by molar-refractivity contribution is 0.170. The van der Waals surface area contributed by atoms with Crippen molar-refractivity contribution in [1.29, 1.82) is 0 Å². The zero-order chi connectivity index (χ0) is 9.68. The summed E-state index contributed by atoms with van der Waals surface area (Å²) in [6.07, 6.45) is 1.96. The van der Waals surface area contributed by atoms with Crippen LogP contribution < -0.4 is 5.32 Å². The molecule has 0 amide bonds. The van der Waals surface area contributed by atoms with Crippen LogP contribution in [0.2, 0.25) is 0 Å². The molecular weight excluding hydrogens is 168 g/mol. The lowest BCUT2D eigenvalue weighted by atomic mass is 10.3. The molecule has 1 heterocycles. The number of rotatable bonds is 5. The number of nitrogens with one attached hydrogen (secondary N) is 1. The van der Waals surface area contributed by atoms with Gasteiger partial charge in [0, 0.05) is 25.5 Å². The molecule has 0 bridgehead atoms. The van der Waals surface area contributed by atoms with Crippen LogP contribution in [-0.4, -0.2) is 34.0 Å². The van der Waals surface area contributed by atoms with Crippen molar-refractivity contribution < 1.29 is 10.2 Å². The quantitative estimate of drug-likeness (QED) is 0.576. The zero-order valence-corrected chi connectivity index (χ0v) is 7.77. The first kappa shape index (κ1) is 10.2. The lowest BCUT2D eigenvalue weighted by Gasteiger charge is -2.13. The minimum absolute atomic E-state index is 0.0408. The second-order valence-corrected chi connectivity index (χ2v) is 3.05. The van der Waals surface area contributed by atoms with Gasteiger partial charge < -0.3 is 20.1 Å². The maximum Gasteiger partial charge on any atom is 0.0607 e. The minimum atomic E-state index is -0.227. The molecule has 1 aromatic heterocycles. The van der Waals surface area contributed by atoms with Crippen LogP contribution in [0.5, 0.6) is 0 Å². The van der Waals surface area contributed by atoms with E-state index in [9.17, 15) is 0 Å². The van der Waals surface area contributed by atoms with Gasteiger partial charge in [-0.25, -0.2) is 0 Å². The highest BCUT2D eigenvalue weighted by atomic mass is 16.3. The van der Waals surface area contributed by atoms with Crippen LogP contribution in [0, 0.1) is 0 Å². The highest BCUT2D eigenvalue weighted by Crippen LogP contribution is 1.98. The highest BCUT2D eigenvalue weighted by Gasteiger charge is 2.04. The van der Waals surface area contributed by atoms with Crippen molar-refractivity contribution in [2.75, 3.05) is 13.2 Å². The van der Waals surface area contributed by atoms with E-state index in [1.165, 1.54) is 0 Å². The maximum atomic E-state index is 8.79. The maximum absolute atomic E-state index is 8.79. The van der Waals surface area contributed by atoms with Gasteiger partial charge in [-0.1, -0.05) is 0 Å². The molecule has 0 aliphatic heterocycles. The molecule has 0 unspecified atom stereocenters. The summed E-state index contributed by atoms with van der Waals surface area (Å²) in [7, 11) is 1.96. The van der Waals surface area contributed by atoms with Crippen molar-refractivity contribution in [3.05, 3.63) is 24.0 Å². The Morgan fingerprint density at radius 2 is 2.15 bits per heavy atom. The topological polar surface area (TPSA) is 57.4 Å². The predicted molar refractivity (Wildman–Crippen MR) is 50.2 cm³/mol. The van der Waals surface area contributed by atoms with Crippen LogP contribution in [-0.2, 0) is 13.6 Å². The van der Waals surface area contributed by atoms with E-state index >= 15 is 0 Å². The summed E-state index contributed by atoms with van der Waals surface area (Å²) in [5.41, 5.74) is 1.13. The lowest BCUT2D eigenvalue weighted by Crippen LogP contribution is -2.35. The Kier molecular flexibility index (Phi) is 3.95. The molecule has 0 atom stereocenters. The molecule has 0 aromatic carbocycles. The van der Waals surface area contributed by atoms with Crippen LogP contribution in [0.15, 0.2) is 18.3 Å². The molecular formula is C9H16N2O2. The summed E-state index contributed by atoms with van der Waals surface area (Å²) in [5, 5.41) is 20.6. The van der Waals surface area contributed by atoms with Crippen LogP contribution in [0.3, 0.4) is 0 Å². The largest absolute Gasteiger partial charge is 0.395 e. The van der Waals surface area contributed by atoms with Gasteiger partial charge in [0.05, 0.1) is 19.3 Å². The molecule has 1 aromatic rings. The van der Waals surface area contributed by atoms with Gasteiger partial charge in [0.2, 0.25) is 0 Å². The van der Waals surface area contributed by atoms with Gasteiger partial charge in [0.25, 0.3) is 0 Å². The molecule has 0 fully saturated rings. The van der Waals surface area contributed by atoms with Crippen molar-refractivity contribution in [2.45, 2.75) is 12.6 Å². The molecule has 74 valence electrons. The van der Waals surface area contributed by atoms with Crippen LogP contribution in [0.25, 0.3) is 0 Å². The Morgan fingerprint density at radius 3 is 2.62 bits per heavy atom. The number of hydrogen-bond donors (Lipinski definition) is 3. The van der Waals surface area contributed by atoms with Crippen molar-refractivity contribution in [3.8, 4) is 0 Å². The van der Waals surface area contributed by atoms with Crippen molar-refractivity contribution in [2.24, 2.45) is 7.05 Å². The van der Waals surface area contributed by atoms with E-state index < -0.39 is 0 Å². The second-order valence-electron chi connectivity index (χ2n) is 3.05. The first-order chi connectivity index (χ1) is 6.27. The smallest absolute Gasteiger partial charge is 0.0607 e. The summed E-state index contributed by atoms with van der Waals surface area (Å²) in [5.74, 6) is 0. The Morgan fingerprint density at radius 1 is 1.46 bits per heavy atom. The van der Waals surface area contributed by atoms with Crippen molar-refractivity contribution in [1.82, 2.24) is 9.88 Å². The molecule has 0 aliphatic carbocycles. The Hall–Kier alpha value is -0.840. The van der Waals surface area contributed by atoms with E-state index in [-0.39, 0.29) is 19.3 Å². The highest BCUT2D eigenvalue weighted by molar-refractivity contribution is 5.06. The Balaban J connectivity index is 2.38. The summed E-state index contributed by atoms with van der Waals surface area (Å²) in [6, 6.07) is 3.73. The molecule has 0 saturated heterocycles. The number of hydrogen-bond acceptors (Lipinski definition) is 3. The molecule has 0 spiro atoms. The van der Waals surface area contributed by atoms with Gasteiger partial charge >= 0.3 is 0 Å². The van der Waals surface area contributed by atoms with E-state index in [2.05, 4.69) is 5.32 Å². The van der Waals surface area contributed by atoms with Crippen LogP contribution >= 0.6 is 0 Å². The van der Waals surface area contributed by atoms with Gasteiger partial charge in [-0.2, -0.15) is 0 Å². The third kappa shape index (κ3) is 2.84. The van der Waals surface area contributed by atoms with Gasteiger partial charge in [0.15, 0.2) is 0 Å². The third-order valence-electron chi connectivity index (χ3n) is 2.06. The predicted octanol–water partition coefficient (Wildman–Crippen LogP) is -0.532. The first-order valence-electron chi connectivity index (χ1n) is 4.33. The fourth-order valence-corrected chi connectivity index (χ4v) is 1.12. The number of aryl methyl sites for hydroxylation is 1. The average molecular weight is 184 g/mol. The fraction of sp³-hybridized carbons (Fsp3) is 0.556. The van der Waals surface area contributed by atoms with E-state index in [0.717, 1.165) is 5.69 Å².